The number of aliphatic hydroxyl groups is 1. The summed E-state index contributed by atoms with van der Waals surface area (Å²) in [6.45, 7) is 5.07. The molecule has 10 nitrogen and oxygen atoms in total. The van der Waals surface area contributed by atoms with Crippen LogP contribution in [0, 0.1) is 5.92 Å². The molecule has 3 aliphatic heterocycles. The van der Waals surface area contributed by atoms with E-state index in [1.807, 2.05) is 73.8 Å². The fourth-order valence-corrected chi connectivity index (χ4v) is 7.11. The van der Waals surface area contributed by atoms with E-state index < -0.39 is 11.8 Å². The fourth-order valence-electron chi connectivity index (χ4n) is 7.11. The van der Waals surface area contributed by atoms with Crippen molar-refractivity contribution in [2.75, 3.05) is 37.9 Å². The maximum Gasteiger partial charge on any atom is 0.288 e. The molecule has 3 aliphatic rings. The molecule has 2 fully saturated rings. The average molecular weight is 601 g/mol. The quantitative estimate of drug-likeness (QED) is 0.402. The monoisotopic (exact) mass is 600 g/mol. The van der Waals surface area contributed by atoms with Crippen molar-refractivity contribution in [3.63, 3.8) is 0 Å². The third-order valence-electron chi connectivity index (χ3n) is 9.35. The molecule has 0 radical (unpaired) electrons. The maximum atomic E-state index is 14.1. The highest BCUT2D eigenvalue weighted by Crippen LogP contribution is 2.43. The van der Waals surface area contributed by atoms with Gasteiger partial charge >= 0.3 is 0 Å². The minimum absolute atomic E-state index is 0.00774. The summed E-state index contributed by atoms with van der Waals surface area (Å²) in [6.07, 6.45) is 5.18. The zero-order valence-corrected chi connectivity index (χ0v) is 25.3. The molecular formula is C34H40N4O6. The molecule has 6 rings (SSSR count). The number of rotatable bonds is 8. The van der Waals surface area contributed by atoms with E-state index in [2.05, 4.69) is 10.2 Å². The van der Waals surface area contributed by atoms with E-state index >= 15 is 0 Å². The minimum Gasteiger partial charge on any atom is -0.459 e. The number of nitrogens with zero attached hydrogens (tertiary/aromatic N) is 3. The molecule has 10 heteroatoms. The number of piperidine rings is 1. The number of allylic oxidation sites excluding steroid dienone is 1. The van der Waals surface area contributed by atoms with Crippen LogP contribution in [0.5, 0.6) is 0 Å². The first-order valence-corrected chi connectivity index (χ1v) is 15.5. The van der Waals surface area contributed by atoms with Crippen molar-refractivity contribution in [3.8, 4) is 0 Å². The lowest BCUT2D eigenvalue weighted by Gasteiger charge is -2.44. The molecule has 0 unspecified atom stereocenters. The molecule has 44 heavy (non-hydrogen) atoms. The van der Waals surface area contributed by atoms with Crippen molar-refractivity contribution in [2.24, 2.45) is 5.92 Å². The molecule has 232 valence electrons. The van der Waals surface area contributed by atoms with Gasteiger partial charge in [0, 0.05) is 62.3 Å². The number of anilines is 1. The van der Waals surface area contributed by atoms with Crippen molar-refractivity contribution in [1.82, 2.24) is 14.8 Å². The number of nitrogens with one attached hydrogen (secondary N) is 1. The molecule has 0 bridgehead atoms. The van der Waals surface area contributed by atoms with Crippen molar-refractivity contribution in [3.05, 3.63) is 78.2 Å². The Kier molecular flexibility index (Phi) is 8.46. The predicted octanol–water partition coefficient (Wildman–Crippen LogP) is 4.01. The molecule has 3 aromatic rings. The highest BCUT2D eigenvalue weighted by Gasteiger charge is 2.51. The lowest BCUT2D eigenvalue weighted by molar-refractivity contribution is -0.171. The van der Waals surface area contributed by atoms with E-state index in [1.54, 1.807) is 9.47 Å². The van der Waals surface area contributed by atoms with Gasteiger partial charge in [0.2, 0.25) is 18.1 Å². The van der Waals surface area contributed by atoms with Gasteiger partial charge in [0.1, 0.15) is 5.54 Å². The van der Waals surface area contributed by atoms with E-state index in [0.717, 1.165) is 22.2 Å². The number of ether oxygens (including phenoxy) is 2. The van der Waals surface area contributed by atoms with Crippen LogP contribution in [0.1, 0.15) is 55.8 Å². The SMILES string of the molecule is CCO[C@H]1OC(C(=O)N2CCC3(CC2)C(=O)NCN3c2ccccc2)=C[C@@H](c2cn(C(C)=O)c3ccccc23)[C@H]1CCCO. The number of aliphatic hydroxyl groups excluding tert-OH is 1. The van der Waals surface area contributed by atoms with Crippen molar-refractivity contribution < 1.29 is 29.0 Å². The van der Waals surface area contributed by atoms with Crippen LogP contribution in [0.2, 0.25) is 0 Å². The molecule has 4 heterocycles. The Balaban J connectivity index is 1.31. The summed E-state index contributed by atoms with van der Waals surface area (Å²) < 4.78 is 14.0. The summed E-state index contributed by atoms with van der Waals surface area (Å²) in [5, 5.41) is 13.6. The summed E-state index contributed by atoms with van der Waals surface area (Å²) >= 11 is 0. The zero-order chi connectivity index (χ0) is 30.8. The highest BCUT2D eigenvalue weighted by atomic mass is 16.7. The lowest BCUT2D eigenvalue weighted by atomic mass is 9.80. The predicted molar refractivity (Wildman–Crippen MR) is 166 cm³/mol. The second-order valence-electron chi connectivity index (χ2n) is 11.8. The largest absolute Gasteiger partial charge is 0.459 e. The second-order valence-corrected chi connectivity index (χ2v) is 11.8. The number of fused-ring (bicyclic) bond motifs is 1. The van der Waals surface area contributed by atoms with E-state index in [0.29, 0.717) is 52.0 Å². The Morgan fingerprint density at radius 2 is 1.82 bits per heavy atom. The first-order valence-electron chi connectivity index (χ1n) is 15.5. The number of carbonyl (C=O) groups is 3. The average Bonchev–Trinajstić information content (AvgIpc) is 3.59. The normalized spacial score (nSPS) is 23.0. The molecule has 2 N–H and O–H groups in total. The van der Waals surface area contributed by atoms with Crippen molar-refractivity contribution in [1.29, 1.82) is 0 Å². The summed E-state index contributed by atoms with van der Waals surface area (Å²) in [5.74, 6) is -0.615. The van der Waals surface area contributed by atoms with Crippen LogP contribution < -0.4 is 10.2 Å². The molecule has 3 atom stereocenters. The van der Waals surface area contributed by atoms with Crippen LogP contribution >= 0.6 is 0 Å². The Hall–Kier alpha value is -4.15. The van der Waals surface area contributed by atoms with Crippen LogP contribution in [0.15, 0.2) is 72.6 Å². The number of hydrogen-bond donors (Lipinski definition) is 2. The van der Waals surface area contributed by atoms with Gasteiger partial charge in [0.05, 0.1) is 12.2 Å². The van der Waals surface area contributed by atoms with Gasteiger partial charge in [-0.3, -0.25) is 19.0 Å². The first kappa shape index (κ1) is 29.9. The van der Waals surface area contributed by atoms with E-state index in [4.69, 9.17) is 9.47 Å². The van der Waals surface area contributed by atoms with Crippen LogP contribution in [-0.4, -0.2) is 77.1 Å². The van der Waals surface area contributed by atoms with Gasteiger partial charge < -0.3 is 29.7 Å². The minimum atomic E-state index is -0.708. The van der Waals surface area contributed by atoms with Crippen LogP contribution in [0.25, 0.3) is 10.9 Å². The van der Waals surface area contributed by atoms with E-state index in [9.17, 15) is 19.5 Å². The molecule has 2 aromatic carbocycles. The molecule has 2 saturated heterocycles. The van der Waals surface area contributed by atoms with Crippen LogP contribution in [-0.2, 0) is 19.1 Å². The van der Waals surface area contributed by atoms with Gasteiger partial charge in [-0.1, -0.05) is 36.4 Å². The standard InChI is InChI=1S/C34H40N4O6/c1-3-43-32-26(13-9-19-39)27(28-21-37(23(2)40)29-14-8-7-12-25(28)29)20-30(44-32)31(41)36-17-15-34(16-18-36)33(42)35-22-38(34)24-10-5-4-6-11-24/h4-8,10-12,14,20-21,26-27,32,39H,3,9,13,15-19,22H2,1-2H3,(H,35,42)/t26-,27-,32+/m1/s1. The van der Waals surface area contributed by atoms with Gasteiger partial charge in [0.25, 0.3) is 5.91 Å². The smallest absolute Gasteiger partial charge is 0.288 e. The molecular weight excluding hydrogens is 560 g/mol. The van der Waals surface area contributed by atoms with Crippen molar-refractivity contribution in [2.45, 2.75) is 57.3 Å². The summed E-state index contributed by atoms with van der Waals surface area (Å²) in [5.41, 5.74) is 1.98. The van der Waals surface area contributed by atoms with Crippen LogP contribution in [0.3, 0.4) is 0 Å². The lowest BCUT2D eigenvalue weighted by Crippen LogP contribution is -2.57. The Bertz CT molecular complexity index is 1560. The number of amides is 2. The number of carbonyl (C=O) groups excluding carboxylic acids is 3. The van der Waals surface area contributed by atoms with Gasteiger partial charge in [-0.15, -0.1) is 0 Å². The van der Waals surface area contributed by atoms with Gasteiger partial charge in [-0.25, -0.2) is 0 Å². The fraction of sp³-hybridized carbons (Fsp3) is 0.441. The van der Waals surface area contributed by atoms with Crippen LogP contribution in [0.4, 0.5) is 5.69 Å². The summed E-state index contributed by atoms with van der Waals surface area (Å²) in [4.78, 5) is 43.7. The molecule has 1 spiro atoms. The molecule has 2 amide bonds. The Labute approximate surface area is 257 Å². The summed E-state index contributed by atoms with van der Waals surface area (Å²) in [6, 6.07) is 17.6. The van der Waals surface area contributed by atoms with Gasteiger partial charge in [-0.05, 0) is 62.4 Å². The highest BCUT2D eigenvalue weighted by molar-refractivity contribution is 5.96. The van der Waals surface area contributed by atoms with Gasteiger partial charge in [0.15, 0.2) is 5.76 Å². The number of para-hydroxylation sites is 2. The third kappa shape index (κ3) is 5.26. The number of hydrogen-bond acceptors (Lipinski definition) is 7. The van der Waals surface area contributed by atoms with Crippen molar-refractivity contribution >= 4 is 34.3 Å². The number of aromatic nitrogens is 1. The molecule has 0 aliphatic carbocycles. The van der Waals surface area contributed by atoms with E-state index in [1.165, 1.54) is 6.92 Å². The van der Waals surface area contributed by atoms with E-state index in [-0.39, 0.29) is 41.9 Å². The zero-order valence-electron chi connectivity index (χ0n) is 25.3. The Morgan fingerprint density at radius 1 is 1.09 bits per heavy atom. The molecule has 1 aromatic heterocycles. The Morgan fingerprint density at radius 3 is 2.52 bits per heavy atom. The van der Waals surface area contributed by atoms with Gasteiger partial charge in [-0.2, -0.15) is 0 Å². The second kappa shape index (κ2) is 12.5. The molecule has 0 saturated carbocycles. The topological polar surface area (TPSA) is 113 Å². The number of benzene rings is 2. The number of likely N-dealkylation sites (tertiary alicyclic amines) is 1. The summed E-state index contributed by atoms with van der Waals surface area (Å²) in [7, 11) is 0. The third-order valence-corrected chi connectivity index (χ3v) is 9.35. The maximum absolute atomic E-state index is 14.1. The first-order chi connectivity index (χ1) is 21.4.